The van der Waals surface area contributed by atoms with Crippen molar-refractivity contribution in [2.75, 3.05) is 81.1 Å². The number of nitrogens with one attached hydrogen (secondary N) is 2. The van der Waals surface area contributed by atoms with Gasteiger partial charge in [0.15, 0.2) is 11.5 Å². The molecule has 2 aromatic carbocycles. The Hall–Kier alpha value is -6.24. The second-order valence-corrected chi connectivity index (χ2v) is 17.0. The van der Waals surface area contributed by atoms with Gasteiger partial charge in [0.1, 0.15) is 11.9 Å². The number of nitrogens with zero attached hydrogens (tertiary/aromatic N) is 9. The van der Waals surface area contributed by atoms with Crippen LogP contribution in [0.25, 0.3) is 0 Å². The van der Waals surface area contributed by atoms with Crippen molar-refractivity contribution in [3.63, 3.8) is 0 Å². The number of rotatable bonds is 10. The van der Waals surface area contributed by atoms with Gasteiger partial charge in [-0.2, -0.15) is 4.98 Å². The van der Waals surface area contributed by atoms with Crippen LogP contribution < -0.4 is 26.2 Å². The van der Waals surface area contributed by atoms with E-state index in [0.29, 0.717) is 49.3 Å². The topological polar surface area (TPSA) is 211 Å². The number of carbonyl (C=O) groups excluding carboxylic acids is 6. The predicted molar refractivity (Wildman–Crippen MR) is 220 cm³/mol. The number of imide groups is 2. The third kappa shape index (κ3) is 7.81. The van der Waals surface area contributed by atoms with E-state index < -0.39 is 35.6 Å². The molecule has 3 unspecified atom stereocenters. The number of halogens is 1. The Kier molecular flexibility index (Phi) is 10.7. The number of anilines is 4. The van der Waals surface area contributed by atoms with Gasteiger partial charge in [0.25, 0.3) is 17.7 Å². The minimum absolute atomic E-state index is 0.00205. The van der Waals surface area contributed by atoms with Crippen molar-refractivity contribution in [2.24, 2.45) is 11.7 Å². The van der Waals surface area contributed by atoms with Crippen molar-refractivity contribution in [2.45, 2.75) is 62.9 Å². The molecule has 9 rings (SSSR count). The molecule has 0 bridgehead atoms. The second kappa shape index (κ2) is 16.3. The summed E-state index contributed by atoms with van der Waals surface area (Å²) in [4.78, 5) is 91.4. The molecular weight excluding hydrogens is 788 g/mol. The van der Waals surface area contributed by atoms with Crippen LogP contribution in [0.5, 0.6) is 0 Å². The normalized spacial score (nSPS) is 23.9. The monoisotopic (exact) mass is 836 g/mol. The molecule has 19 heteroatoms. The maximum absolute atomic E-state index is 15.8. The summed E-state index contributed by atoms with van der Waals surface area (Å²) in [7, 11) is 1.79. The highest BCUT2D eigenvalue weighted by Crippen LogP contribution is 2.35. The van der Waals surface area contributed by atoms with Gasteiger partial charge < -0.3 is 35.6 Å². The van der Waals surface area contributed by atoms with Crippen molar-refractivity contribution >= 4 is 58.7 Å². The molecule has 1 aromatic heterocycles. The zero-order chi connectivity index (χ0) is 42.5. The van der Waals surface area contributed by atoms with Crippen LogP contribution in [0.15, 0.2) is 36.4 Å². The van der Waals surface area contributed by atoms with Crippen LogP contribution in [-0.2, 0) is 9.59 Å². The first-order valence-corrected chi connectivity index (χ1v) is 21.1. The van der Waals surface area contributed by atoms with Crippen molar-refractivity contribution < 1.29 is 33.2 Å². The lowest BCUT2D eigenvalue weighted by molar-refractivity contribution is -0.136. The van der Waals surface area contributed by atoms with Crippen molar-refractivity contribution in [3.05, 3.63) is 64.6 Å². The minimum Gasteiger partial charge on any atom is -0.371 e. The van der Waals surface area contributed by atoms with E-state index in [9.17, 15) is 28.8 Å². The highest BCUT2D eigenvalue weighted by molar-refractivity contribution is 6.23. The van der Waals surface area contributed by atoms with E-state index in [1.54, 1.807) is 36.2 Å². The Balaban J connectivity index is 0.786. The van der Waals surface area contributed by atoms with E-state index in [0.717, 1.165) is 75.4 Å². The fraction of sp³-hybridized carbons (Fsp3) is 0.500. The fourth-order valence-electron chi connectivity index (χ4n) is 9.84. The van der Waals surface area contributed by atoms with E-state index in [4.69, 9.17) is 5.73 Å². The molecule has 5 fully saturated rings. The van der Waals surface area contributed by atoms with Gasteiger partial charge in [0, 0.05) is 70.7 Å². The van der Waals surface area contributed by atoms with Crippen molar-refractivity contribution in [3.8, 4) is 0 Å². The van der Waals surface area contributed by atoms with Crippen LogP contribution in [0.4, 0.5) is 32.3 Å². The summed E-state index contributed by atoms with van der Waals surface area (Å²) in [6.45, 7) is 6.65. The van der Waals surface area contributed by atoms with Crippen molar-refractivity contribution in [1.82, 2.24) is 40.1 Å². The molecule has 0 spiro atoms. The highest BCUT2D eigenvalue weighted by atomic mass is 19.1. The lowest BCUT2D eigenvalue weighted by Gasteiger charge is -2.37. The number of likely N-dealkylation sites (tertiary alicyclic amines) is 1. The number of hydrogen-bond acceptors (Lipinski definition) is 13. The Morgan fingerprint density at radius 3 is 2.41 bits per heavy atom. The molecule has 5 saturated heterocycles. The fourth-order valence-corrected chi connectivity index (χ4v) is 9.84. The van der Waals surface area contributed by atoms with E-state index >= 15 is 4.39 Å². The number of nitrogens with two attached hydrogens (primary N) is 1. The number of amides is 7. The molecule has 6 aliphatic heterocycles. The molecule has 7 amide bonds. The third-order valence-corrected chi connectivity index (χ3v) is 13.2. The van der Waals surface area contributed by atoms with Crippen LogP contribution in [0.2, 0.25) is 0 Å². The smallest absolute Gasteiger partial charge is 0.320 e. The molecule has 0 radical (unpaired) electrons. The number of fused-ring (bicyclic) bond motifs is 1. The number of primary amides is 1. The summed E-state index contributed by atoms with van der Waals surface area (Å²) in [5, 5.41) is 13.6. The summed E-state index contributed by atoms with van der Waals surface area (Å²) in [6, 6.07) is 9.21. The van der Waals surface area contributed by atoms with E-state index in [2.05, 4.69) is 35.6 Å². The molecule has 320 valence electrons. The number of hydrogen-bond donors (Lipinski definition) is 3. The summed E-state index contributed by atoms with van der Waals surface area (Å²) >= 11 is 0. The Morgan fingerprint density at radius 1 is 0.869 bits per heavy atom. The second-order valence-electron chi connectivity index (χ2n) is 17.0. The number of urea groups is 1. The van der Waals surface area contributed by atoms with Crippen LogP contribution in [0, 0.1) is 11.7 Å². The standard InChI is InChI=1S/C42H49FN12O6/c1-50-17-18-54(42(50)61)28-3-2-13-53(23-28)41-47-37(35(36(44)57)48-49-41)45-26-4-6-29(32(43)19-26)25-11-14-51(15-12-25)21-24-10-16-52(22-24)27-5-7-30-31(20-27)40(60)55(39(30)59)33-8-9-34(56)46-38(33)58/h4-7,19-20,24-25,28,33H,2-3,8-18,21-23H2,1H3,(H2,44,57)(H,45,47,49)(H,46,56,58). The van der Waals surface area contributed by atoms with Crippen LogP contribution in [0.3, 0.4) is 0 Å². The van der Waals surface area contributed by atoms with Crippen LogP contribution >= 0.6 is 0 Å². The van der Waals surface area contributed by atoms with Gasteiger partial charge in [0.2, 0.25) is 17.8 Å². The van der Waals surface area contributed by atoms with Crippen molar-refractivity contribution in [1.29, 1.82) is 0 Å². The molecule has 61 heavy (non-hydrogen) atoms. The zero-order valence-electron chi connectivity index (χ0n) is 34.0. The van der Waals surface area contributed by atoms with Gasteiger partial charge in [-0.05, 0) is 99.3 Å². The van der Waals surface area contributed by atoms with E-state index in [1.807, 2.05) is 15.9 Å². The molecule has 7 heterocycles. The predicted octanol–water partition coefficient (Wildman–Crippen LogP) is 2.30. The quantitative estimate of drug-likeness (QED) is 0.251. The SMILES string of the molecule is CN1CCN(C2CCCN(c3nnc(C(N)=O)c(Nc4ccc(C5CCN(CC6CCN(c7ccc8c(c7)C(=O)N(C7CCC(=O)NC7=O)C8=O)C6)CC5)c(F)c4)n3)C2)C1=O. The van der Waals surface area contributed by atoms with Crippen LogP contribution in [-0.4, -0.2) is 148 Å². The van der Waals surface area contributed by atoms with Gasteiger partial charge in [-0.3, -0.25) is 34.2 Å². The summed E-state index contributed by atoms with van der Waals surface area (Å²) in [5.74, 6) is -2.43. The Labute approximate surface area is 351 Å². The number of likely N-dealkylation sites (N-methyl/N-ethyl adjacent to an activating group) is 1. The zero-order valence-corrected chi connectivity index (χ0v) is 34.0. The van der Waals surface area contributed by atoms with Gasteiger partial charge in [-0.15, -0.1) is 10.2 Å². The molecular formula is C42H49FN12O6. The molecule has 0 aliphatic carbocycles. The summed E-state index contributed by atoms with van der Waals surface area (Å²) in [6.07, 6.45) is 4.43. The number of aromatic nitrogens is 3. The lowest BCUT2D eigenvalue weighted by atomic mass is 9.88. The third-order valence-electron chi connectivity index (χ3n) is 13.2. The molecule has 4 N–H and O–H groups in total. The maximum atomic E-state index is 15.8. The van der Waals surface area contributed by atoms with E-state index in [1.165, 1.54) is 6.07 Å². The number of carbonyl (C=O) groups is 6. The number of piperidine rings is 3. The molecule has 18 nitrogen and oxygen atoms in total. The van der Waals surface area contributed by atoms with Gasteiger partial charge in [-0.1, -0.05) is 6.07 Å². The first-order valence-electron chi connectivity index (χ1n) is 21.1. The van der Waals surface area contributed by atoms with E-state index in [-0.39, 0.29) is 59.3 Å². The van der Waals surface area contributed by atoms with Gasteiger partial charge in [0.05, 0.1) is 17.2 Å². The molecule has 0 saturated carbocycles. The average molecular weight is 837 g/mol. The average Bonchev–Trinajstić information content (AvgIpc) is 3.93. The van der Waals surface area contributed by atoms with Gasteiger partial charge >= 0.3 is 6.03 Å². The molecule has 3 aromatic rings. The van der Waals surface area contributed by atoms with Gasteiger partial charge in [-0.25, -0.2) is 9.18 Å². The number of benzene rings is 2. The maximum Gasteiger partial charge on any atom is 0.320 e. The van der Waals surface area contributed by atoms with Crippen LogP contribution in [0.1, 0.15) is 87.6 Å². The molecule has 3 atom stereocenters. The highest BCUT2D eigenvalue weighted by Gasteiger charge is 2.45. The summed E-state index contributed by atoms with van der Waals surface area (Å²) in [5.41, 5.74) is 7.89. The summed E-state index contributed by atoms with van der Waals surface area (Å²) < 4.78 is 15.8. The molecule has 6 aliphatic rings. The lowest BCUT2D eigenvalue weighted by Crippen LogP contribution is -2.54. The first-order chi connectivity index (χ1) is 29.4. The largest absolute Gasteiger partial charge is 0.371 e. The Morgan fingerprint density at radius 2 is 1.67 bits per heavy atom. The Bertz CT molecular complexity index is 2300. The first kappa shape index (κ1) is 40.2. The minimum atomic E-state index is -1.00.